The predicted molar refractivity (Wildman–Crippen MR) is 102 cm³/mol. The van der Waals surface area contributed by atoms with Crippen LogP contribution in [0.1, 0.15) is 59.8 Å². The van der Waals surface area contributed by atoms with Gasteiger partial charge in [-0.1, -0.05) is 23.8 Å². The van der Waals surface area contributed by atoms with Crippen LogP contribution in [0, 0.1) is 11.3 Å². The van der Waals surface area contributed by atoms with Crippen molar-refractivity contribution < 1.29 is 29.0 Å². The largest absolute Gasteiger partial charge is 0.478 e. The number of allylic oxidation sites excluding steroid dienone is 4. The molecule has 0 aromatic carbocycles. The lowest BCUT2D eigenvalue weighted by Gasteiger charge is -2.54. The highest BCUT2D eigenvalue weighted by Gasteiger charge is 2.74. The van der Waals surface area contributed by atoms with E-state index in [1.807, 2.05) is 13.8 Å². The van der Waals surface area contributed by atoms with E-state index in [1.54, 1.807) is 12.2 Å². The maximum atomic E-state index is 13.3. The molecule has 0 spiro atoms. The number of hydrogen-bond acceptors (Lipinski definition) is 5. The minimum atomic E-state index is -1.00. The van der Waals surface area contributed by atoms with Crippen molar-refractivity contribution >= 4 is 17.9 Å². The molecule has 0 amide bonds. The Bertz CT molecular complexity index is 806. The molecule has 0 radical (unpaired) electrons. The molecule has 6 heteroatoms. The fourth-order valence-corrected chi connectivity index (χ4v) is 5.25. The molecule has 1 aliphatic heterocycles. The number of ether oxygens (including phenoxy) is 2. The zero-order chi connectivity index (χ0) is 20.7. The van der Waals surface area contributed by atoms with E-state index in [4.69, 9.17) is 14.6 Å². The summed E-state index contributed by atoms with van der Waals surface area (Å²) in [5, 5.41) is 9.03. The van der Waals surface area contributed by atoms with Gasteiger partial charge in [0.2, 0.25) is 0 Å². The highest BCUT2D eigenvalue weighted by Crippen LogP contribution is 2.65. The molecule has 0 aromatic heterocycles. The summed E-state index contributed by atoms with van der Waals surface area (Å²) in [5.41, 5.74) is -1.35. The minimum absolute atomic E-state index is 0.185. The van der Waals surface area contributed by atoms with Gasteiger partial charge < -0.3 is 14.6 Å². The van der Waals surface area contributed by atoms with E-state index in [1.165, 1.54) is 25.5 Å². The van der Waals surface area contributed by atoms with Gasteiger partial charge in [0.15, 0.2) is 0 Å². The highest BCUT2D eigenvalue weighted by atomic mass is 16.6. The van der Waals surface area contributed by atoms with Crippen molar-refractivity contribution in [3.05, 3.63) is 35.5 Å². The number of hydrogen-bond donors (Lipinski definition) is 1. The second-order valence-corrected chi connectivity index (χ2v) is 8.50. The number of aliphatic carboxylic acids is 1. The molecular formula is C22H28O6. The van der Waals surface area contributed by atoms with Crippen LogP contribution in [0.2, 0.25) is 0 Å². The van der Waals surface area contributed by atoms with Crippen LogP contribution in [0.3, 0.4) is 0 Å². The summed E-state index contributed by atoms with van der Waals surface area (Å²) in [4.78, 5) is 36.4. The van der Waals surface area contributed by atoms with Gasteiger partial charge in [-0.25, -0.2) is 4.79 Å². The first-order valence-electron chi connectivity index (χ1n) is 9.74. The van der Waals surface area contributed by atoms with Crippen LogP contribution >= 0.6 is 0 Å². The molecule has 152 valence electrons. The lowest BCUT2D eigenvalue weighted by atomic mass is 9.62. The first-order chi connectivity index (χ1) is 13.1. The average molecular weight is 388 g/mol. The fraction of sp³-hybridized carbons (Fsp3) is 0.591. The van der Waals surface area contributed by atoms with Crippen LogP contribution in [-0.4, -0.2) is 34.2 Å². The van der Waals surface area contributed by atoms with Crippen LogP contribution in [0.4, 0.5) is 0 Å². The van der Waals surface area contributed by atoms with E-state index in [0.717, 1.165) is 6.42 Å². The summed E-state index contributed by atoms with van der Waals surface area (Å²) in [7, 11) is 0. The topological polar surface area (TPSA) is 89.9 Å². The molecule has 2 bridgehead atoms. The van der Waals surface area contributed by atoms with Gasteiger partial charge in [0.1, 0.15) is 16.6 Å². The van der Waals surface area contributed by atoms with Gasteiger partial charge >= 0.3 is 17.9 Å². The van der Waals surface area contributed by atoms with Gasteiger partial charge in [0.05, 0.1) is 0 Å². The molecular weight excluding hydrogens is 360 g/mol. The van der Waals surface area contributed by atoms with E-state index in [9.17, 15) is 14.4 Å². The molecule has 4 atom stereocenters. The maximum Gasteiger partial charge on any atom is 0.331 e. The molecule has 2 aliphatic carbocycles. The Morgan fingerprint density at radius 1 is 1.32 bits per heavy atom. The van der Waals surface area contributed by atoms with Crippen molar-refractivity contribution in [1.82, 2.24) is 0 Å². The van der Waals surface area contributed by atoms with E-state index in [0.29, 0.717) is 25.7 Å². The van der Waals surface area contributed by atoms with Crippen LogP contribution in [0.25, 0.3) is 0 Å². The first-order valence-corrected chi connectivity index (χ1v) is 9.74. The van der Waals surface area contributed by atoms with Crippen LogP contribution in [-0.2, 0) is 23.9 Å². The van der Waals surface area contributed by atoms with Crippen LogP contribution < -0.4 is 0 Å². The van der Waals surface area contributed by atoms with E-state index in [2.05, 4.69) is 6.08 Å². The number of cyclic esters (lactones) is 1. The third-order valence-corrected chi connectivity index (χ3v) is 6.75. The number of carboxylic acids is 1. The summed E-state index contributed by atoms with van der Waals surface area (Å²) in [6, 6.07) is 0. The molecule has 6 nitrogen and oxygen atoms in total. The Balaban J connectivity index is 2.07. The van der Waals surface area contributed by atoms with Crippen molar-refractivity contribution in [2.45, 2.75) is 71.0 Å². The van der Waals surface area contributed by atoms with Crippen molar-refractivity contribution in [3.63, 3.8) is 0 Å². The van der Waals surface area contributed by atoms with Crippen molar-refractivity contribution in [3.8, 4) is 0 Å². The third kappa shape index (κ3) is 2.99. The Kier molecular flexibility index (Phi) is 5.02. The van der Waals surface area contributed by atoms with Gasteiger partial charge in [-0.3, -0.25) is 9.59 Å². The maximum absolute atomic E-state index is 13.3. The summed E-state index contributed by atoms with van der Waals surface area (Å²) >= 11 is 0. The normalized spacial score (nSPS) is 37.7. The summed E-state index contributed by atoms with van der Waals surface area (Å²) in [6.07, 6.45) is 10.1. The lowest BCUT2D eigenvalue weighted by Crippen LogP contribution is -2.65. The average Bonchev–Trinajstić information content (AvgIpc) is 2.77. The van der Waals surface area contributed by atoms with E-state index < -0.39 is 28.6 Å². The predicted octanol–water partition coefficient (Wildman–Crippen LogP) is 3.72. The van der Waals surface area contributed by atoms with Crippen molar-refractivity contribution in [2.24, 2.45) is 11.3 Å². The van der Waals surface area contributed by atoms with Gasteiger partial charge in [-0.2, -0.15) is 0 Å². The van der Waals surface area contributed by atoms with Crippen LogP contribution in [0.5, 0.6) is 0 Å². The molecule has 1 N–H and O–H groups in total. The van der Waals surface area contributed by atoms with E-state index in [-0.39, 0.29) is 17.5 Å². The molecule has 1 saturated carbocycles. The minimum Gasteiger partial charge on any atom is -0.478 e. The summed E-state index contributed by atoms with van der Waals surface area (Å²) in [5.74, 6) is -1.91. The Labute approximate surface area is 165 Å². The summed E-state index contributed by atoms with van der Waals surface area (Å²) in [6.45, 7) is 6.75. The fourth-order valence-electron chi connectivity index (χ4n) is 5.25. The molecule has 3 aliphatic rings. The molecule has 2 fully saturated rings. The number of rotatable bonds is 4. The van der Waals surface area contributed by atoms with E-state index >= 15 is 0 Å². The SMILES string of the molecule is CC(=O)O[C@]12CCC(C)=CC[C@]13CCC2C(C)(/C=C/C=C(\C)C(=O)O)OC3=O. The molecule has 3 rings (SSSR count). The zero-order valence-electron chi connectivity index (χ0n) is 16.9. The van der Waals surface area contributed by atoms with Gasteiger partial charge in [-0.15, -0.1) is 0 Å². The molecule has 28 heavy (non-hydrogen) atoms. The van der Waals surface area contributed by atoms with Crippen molar-refractivity contribution in [2.75, 3.05) is 0 Å². The number of esters is 2. The number of carbonyl (C=O) groups excluding carboxylic acids is 2. The van der Waals surface area contributed by atoms with Gasteiger partial charge in [-0.05, 0) is 59.0 Å². The zero-order valence-corrected chi connectivity index (χ0v) is 16.9. The Morgan fingerprint density at radius 2 is 2.04 bits per heavy atom. The molecule has 1 saturated heterocycles. The highest BCUT2D eigenvalue weighted by molar-refractivity contribution is 5.86. The molecule has 2 unspecified atom stereocenters. The Morgan fingerprint density at radius 3 is 2.68 bits per heavy atom. The lowest BCUT2D eigenvalue weighted by molar-refractivity contribution is -0.235. The number of carboxylic acid groups (broad SMARTS) is 1. The van der Waals surface area contributed by atoms with Gasteiger partial charge in [0.25, 0.3) is 0 Å². The first kappa shape index (κ1) is 20.4. The van der Waals surface area contributed by atoms with Crippen LogP contribution in [0.15, 0.2) is 35.5 Å². The second kappa shape index (κ2) is 6.90. The van der Waals surface area contributed by atoms with Gasteiger partial charge in [0, 0.05) is 18.4 Å². The quantitative estimate of drug-likeness (QED) is 0.342. The summed E-state index contributed by atoms with van der Waals surface area (Å²) < 4.78 is 11.9. The monoisotopic (exact) mass is 388 g/mol. The van der Waals surface area contributed by atoms with Crippen molar-refractivity contribution in [1.29, 1.82) is 0 Å². The standard InChI is InChI=1S/C22H28O6/c1-14-7-11-21-12-9-17(22(21,13-8-14)27-16(3)23)20(4,28-19(21)26)10-5-6-15(2)18(24)25/h5-7,10,17H,8-9,11-13H2,1-4H3,(H,24,25)/b10-5+,15-6+/t17?,20?,21-,22+/m1/s1. The smallest absolute Gasteiger partial charge is 0.331 e. The molecule has 0 aromatic rings. The number of carbonyl (C=O) groups is 3. The second-order valence-electron chi connectivity index (χ2n) is 8.50. The Hall–Kier alpha value is -2.37. The molecule has 1 heterocycles. The third-order valence-electron chi connectivity index (χ3n) is 6.75.